The zero-order chi connectivity index (χ0) is 28.3. The summed E-state index contributed by atoms with van der Waals surface area (Å²) in [5, 5.41) is 2.93. The monoisotopic (exact) mass is 554 g/mol. The molecule has 7 heteroatoms. The summed E-state index contributed by atoms with van der Waals surface area (Å²) in [4.78, 5) is 30.3. The molecule has 0 aliphatic heterocycles. The summed E-state index contributed by atoms with van der Waals surface area (Å²) in [5.41, 5.74) is 0.339. The Bertz CT molecular complexity index is 1480. The lowest BCUT2D eigenvalue weighted by Gasteiger charge is -2.46. The minimum absolute atomic E-state index is 0.0630. The number of nitrogens with zero attached hydrogens (tertiary/aromatic N) is 2. The van der Waals surface area contributed by atoms with Gasteiger partial charge in [0.05, 0.1) is 12.0 Å². The molecule has 2 heterocycles. The Morgan fingerprint density at radius 2 is 1.52 bits per heavy atom. The topological polar surface area (TPSA) is 70.4 Å². The number of aromatic nitrogens is 2. The molecule has 2 aromatic carbocycles. The molecule has 0 amide bonds. The van der Waals surface area contributed by atoms with Crippen molar-refractivity contribution in [3.63, 3.8) is 0 Å². The lowest BCUT2D eigenvalue weighted by molar-refractivity contribution is 0.0523. The molecule has 1 saturated carbocycles. The molecular formula is C33H38N2O4Si. The molecule has 0 unspecified atom stereocenters. The molecular weight excluding hydrogens is 516 g/mol. The molecule has 2 aromatic heterocycles. The van der Waals surface area contributed by atoms with Gasteiger partial charge in [-0.3, -0.25) is 4.79 Å². The second-order valence-corrected chi connectivity index (χ2v) is 15.8. The molecule has 0 atom stereocenters. The smallest absolute Gasteiger partial charge is 0.343 e. The number of benzene rings is 2. The first-order valence-corrected chi connectivity index (χ1v) is 16.1. The Kier molecular flexibility index (Phi) is 8.06. The molecule has 0 radical (unpaired) electrons. The molecule has 40 heavy (non-hydrogen) atoms. The van der Waals surface area contributed by atoms with E-state index in [9.17, 15) is 9.59 Å². The molecule has 5 rings (SSSR count). The lowest BCUT2D eigenvalue weighted by Crippen LogP contribution is -2.67. The minimum Gasteiger partial charge on any atom is -0.462 e. The summed E-state index contributed by atoms with van der Waals surface area (Å²) < 4.78 is 14.6. The third-order valence-corrected chi connectivity index (χ3v) is 13.2. The van der Waals surface area contributed by atoms with Gasteiger partial charge in [0, 0.05) is 24.5 Å². The summed E-state index contributed by atoms with van der Waals surface area (Å²) >= 11 is 0. The van der Waals surface area contributed by atoms with Crippen LogP contribution >= 0.6 is 0 Å². The second-order valence-electron chi connectivity index (χ2n) is 11.6. The van der Waals surface area contributed by atoms with Gasteiger partial charge in [-0.05, 0) is 60.2 Å². The van der Waals surface area contributed by atoms with E-state index in [1.807, 2.05) is 4.57 Å². The number of carbonyl (C=O) groups is 1. The van der Waals surface area contributed by atoms with Gasteiger partial charge in [0.25, 0.3) is 8.32 Å². The zero-order valence-corrected chi connectivity index (χ0v) is 24.8. The van der Waals surface area contributed by atoms with Gasteiger partial charge in [0.1, 0.15) is 11.2 Å². The highest BCUT2D eigenvalue weighted by atomic mass is 28.4. The van der Waals surface area contributed by atoms with Crippen molar-refractivity contribution in [1.29, 1.82) is 0 Å². The average molecular weight is 555 g/mol. The van der Waals surface area contributed by atoms with Crippen LogP contribution in [0.5, 0.6) is 0 Å². The van der Waals surface area contributed by atoms with Crippen molar-refractivity contribution in [2.45, 2.75) is 70.6 Å². The maximum absolute atomic E-state index is 13.1. The minimum atomic E-state index is -2.64. The van der Waals surface area contributed by atoms with Gasteiger partial charge >= 0.3 is 5.97 Å². The van der Waals surface area contributed by atoms with Gasteiger partial charge in [-0.15, -0.1) is 0 Å². The van der Waals surface area contributed by atoms with Gasteiger partial charge in [0.15, 0.2) is 0 Å². The fourth-order valence-electron chi connectivity index (χ4n) is 6.20. The number of ether oxygens (including phenoxy) is 1. The Labute approximate surface area is 237 Å². The van der Waals surface area contributed by atoms with Crippen molar-refractivity contribution in [2.24, 2.45) is 0 Å². The molecule has 0 saturated heterocycles. The first-order valence-electron chi connectivity index (χ1n) is 14.2. The Hall–Kier alpha value is -3.55. The molecule has 1 aliphatic rings. The average Bonchev–Trinajstić information content (AvgIpc) is 2.97. The number of hydrogen-bond acceptors (Lipinski definition) is 5. The van der Waals surface area contributed by atoms with Crippen molar-refractivity contribution in [3.8, 4) is 0 Å². The van der Waals surface area contributed by atoms with Crippen molar-refractivity contribution in [3.05, 3.63) is 101 Å². The predicted octanol–water partition coefficient (Wildman–Crippen LogP) is 5.63. The van der Waals surface area contributed by atoms with E-state index in [1.165, 1.54) is 10.4 Å². The molecule has 1 fully saturated rings. The van der Waals surface area contributed by atoms with Crippen LogP contribution < -0.4 is 15.8 Å². The van der Waals surface area contributed by atoms with E-state index in [-0.39, 0.29) is 34.8 Å². The van der Waals surface area contributed by atoms with Crippen LogP contribution in [0, 0.1) is 0 Å². The summed E-state index contributed by atoms with van der Waals surface area (Å²) in [5.74, 6) is -0.587. The molecule has 1 aliphatic carbocycles. The van der Waals surface area contributed by atoms with E-state index < -0.39 is 14.3 Å². The van der Waals surface area contributed by atoms with E-state index >= 15 is 0 Å². The molecule has 208 valence electrons. The normalized spacial score (nSPS) is 18.0. The standard InChI is InChI=1S/C33H38N2O4Si/c1-5-38-32(37)29-23-35(31-28(30(29)36)17-12-22-34-31)24-18-20-25(21-19-24)39-40(33(2,3)4,26-13-8-6-9-14-26)27-15-10-7-11-16-27/h6-17,22-25H,5,18-21H2,1-4H3. The van der Waals surface area contributed by atoms with Crippen molar-refractivity contribution >= 4 is 35.7 Å². The first kappa shape index (κ1) is 28.0. The Balaban J connectivity index is 1.47. The van der Waals surface area contributed by atoms with Crippen LogP contribution in [0.2, 0.25) is 5.04 Å². The van der Waals surface area contributed by atoms with Crippen LogP contribution in [0.4, 0.5) is 0 Å². The number of carbonyl (C=O) groups excluding carboxylic acids is 1. The first-order chi connectivity index (χ1) is 19.3. The summed E-state index contributed by atoms with van der Waals surface area (Å²) in [6.45, 7) is 8.87. The van der Waals surface area contributed by atoms with Crippen LogP contribution in [-0.4, -0.2) is 36.5 Å². The highest BCUT2D eigenvalue weighted by Crippen LogP contribution is 2.40. The van der Waals surface area contributed by atoms with Crippen LogP contribution in [0.15, 0.2) is 90.0 Å². The summed E-state index contributed by atoms with van der Waals surface area (Å²) in [7, 11) is -2.64. The Morgan fingerprint density at radius 3 is 2.08 bits per heavy atom. The maximum Gasteiger partial charge on any atom is 0.343 e. The van der Waals surface area contributed by atoms with Gasteiger partial charge in [-0.1, -0.05) is 81.4 Å². The van der Waals surface area contributed by atoms with Crippen molar-refractivity contribution < 1.29 is 14.0 Å². The predicted molar refractivity (Wildman–Crippen MR) is 162 cm³/mol. The maximum atomic E-state index is 13.1. The lowest BCUT2D eigenvalue weighted by atomic mass is 9.92. The van der Waals surface area contributed by atoms with Gasteiger partial charge < -0.3 is 13.7 Å². The van der Waals surface area contributed by atoms with E-state index in [0.717, 1.165) is 25.7 Å². The van der Waals surface area contributed by atoms with E-state index in [0.29, 0.717) is 11.0 Å². The van der Waals surface area contributed by atoms with E-state index in [4.69, 9.17) is 9.16 Å². The largest absolute Gasteiger partial charge is 0.462 e. The van der Waals surface area contributed by atoms with E-state index in [1.54, 1.807) is 31.5 Å². The zero-order valence-electron chi connectivity index (χ0n) is 23.8. The fraction of sp³-hybridized carbons (Fsp3) is 0.364. The quantitative estimate of drug-likeness (QED) is 0.219. The molecule has 0 bridgehead atoms. The number of fused-ring (bicyclic) bond motifs is 1. The van der Waals surface area contributed by atoms with E-state index in [2.05, 4.69) is 86.4 Å². The number of pyridine rings is 2. The Morgan fingerprint density at radius 1 is 0.925 bits per heavy atom. The fourth-order valence-corrected chi connectivity index (χ4v) is 10.9. The summed E-state index contributed by atoms with van der Waals surface area (Å²) in [6.07, 6.45) is 6.93. The number of rotatable bonds is 7. The molecule has 0 N–H and O–H groups in total. The third-order valence-electron chi connectivity index (χ3n) is 8.08. The number of hydrogen-bond donors (Lipinski definition) is 0. The highest BCUT2D eigenvalue weighted by molar-refractivity contribution is 6.99. The second kappa shape index (κ2) is 11.5. The van der Waals surface area contributed by atoms with Gasteiger partial charge in [-0.25, -0.2) is 9.78 Å². The SMILES string of the molecule is CCOC(=O)c1cn(C2CCC(O[Si](c3ccccc3)(c3ccccc3)C(C)(C)C)CC2)c2ncccc2c1=O. The summed E-state index contributed by atoms with van der Waals surface area (Å²) in [6, 6.07) is 25.1. The molecule has 4 aromatic rings. The van der Waals surface area contributed by atoms with Gasteiger partial charge in [-0.2, -0.15) is 0 Å². The number of esters is 1. The van der Waals surface area contributed by atoms with Crippen molar-refractivity contribution in [1.82, 2.24) is 9.55 Å². The third kappa shape index (κ3) is 5.16. The molecule has 6 nitrogen and oxygen atoms in total. The highest BCUT2D eigenvalue weighted by Gasteiger charge is 2.51. The van der Waals surface area contributed by atoms with Crippen molar-refractivity contribution in [2.75, 3.05) is 6.61 Å². The van der Waals surface area contributed by atoms with Crippen LogP contribution in [0.25, 0.3) is 11.0 Å². The van der Waals surface area contributed by atoms with Crippen LogP contribution in [-0.2, 0) is 9.16 Å². The van der Waals surface area contributed by atoms with Gasteiger partial charge in [0.2, 0.25) is 5.43 Å². The molecule has 0 spiro atoms. The van der Waals surface area contributed by atoms with Crippen LogP contribution in [0.3, 0.4) is 0 Å². The van der Waals surface area contributed by atoms with Crippen LogP contribution in [0.1, 0.15) is 69.8 Å².